The highest BCUT2D eigenvalue weighted by molar-refractivity contribution is 7.86. The highest BCUT2D eigenvalue weighted by atomic mass is 32.2. The van der Waals surface area contributed by atoms with Crippen LogP contribution in [0.3, 0.4) is 0 Å². The summed E-state index contributed by atoms with van der Waals surface area (Å²) in [4.78, 5) is -2.10. The fraction of sp³-hybridized carbons (Fsp3) is 0. The summed E-state index contributed by atoms with van der Waals surface area (Å²) in [7, 11) is -14.5. The highest BCUT2D eigenvalue weighted by Gasteiger charge is 2.25. The predicted molar refractivity (Wildman–Crippen MR) is 190 cm³/mol. The summed E-state index contributed by atoms with van der Waals surface area (Å²) in [6, 6.07) is 20.7. The number of phenolic OH excluding ortho intramolecular Hbond substituents is 2. The summed E-state index contributed by atoms with van der Waals surface area (Å²) in [6.07, 6.45) is 0. The van der Waals surface area contributed by atoms with Crippen molar-refractivity contribution in [3.05, 3.63) is 91.0 Å². The molecule has 6 rings (SSSR count). The summed E-state index contributed by atoms with van der Waals surface area (Å²) in [5, 5.41) is 37.1. The Morgan fingerprint density at radius 2 is 1.04 bits per heavy atom. The van der Waals surface area contributed by atoms with E-state index in [0.29, 0.717) is 22.2 Å². The molecule has 9 N–H and O–H groups in total. The number of benzene rings is 6. The summed E-state index contributed by atoms with van der Waals surface area (Å²) in [6.45, 7) is 0. The van der Waals surface area contributed by atoms with Crippen molar-refractivity contribution in [2.75, 3.05) is 11.5 Å². The van der Waals surface area contributed by atoms with Crippen LogP contribution in [0.5, 0.6) is 11.5 Å². The first-order valence-corrected chi connectivity index (χ1v) is 18.7. The van der Waals surface area contributed by atoms with Gasteiger partial charge < -0.3 is 21.7 Å². The summed E-state index contributed by atoms with van der Waals surface area (Å²) >= 11 is 0. The van der Waals surface area contributed by atoms with Crippen LogP contribution in [-0.2, 0) is 30.4 Å². The van der Waals surface area contributed by atoms with Crippen LogP contribution in [-0.4, -0.2) is 49.1 Å². The van der Waals surface area contributed by atoms with Crippen LogP contribution in [0.25, 0.3) is 32.7 Å². The van der Waals surface area contributed by atoms with Crippen LogP contribution >= 0.6 is 0 Å². The molecule has 0 unspecified atom stereocenters. The molecule has 0 bridgehead atoms. The molecule has 6 aromatic rings. The predicted octanol–water partition coefficient (Wildman–Crippen LogP) is 6.81. The van der Waals surface area contributed by atoms with Crippen LogP contribution in [0.2, 0.25) is 0 Å². The molecule has 6 aromatic carbocycles. The van der Waals surface area contributed by atoms with Gasteiger partial charge in [0, 0.05) is 16.5 Å². The SMILES string of the molecule is Nc1ccc2cc(S(=O)(=O)O)c(N=Nc3ccc(-c4ccc(N=Nc5c(S(=O)(=O)O)cc6cc(S(=O)(=O)O)cc(N)c6c5O)cc4)cc3)cc2c1O. The Bertz CT molecular complexity index is 2850. The molecule has 0 saturated carbocycles. The molecular weight excluding hydrogens is 741 g/mol. The van der Waals surface area contributed by atoms with Gasteiger partial charge in [0.2, 0.25) is 0 Å². The molecule has 52 heavy (non-hydrogen) atoms. The maximum Gasteiger partial charge on any atom is 0.296 e. The minimum atomic E-state index is -5.03. The zero-order chi connectivity index (χ0) is 37.7. The number of hydrogen-bond acceptors (Lipinski definition) is 14. The van der Waals surface area contributed by atoms with Gasteiger partial charge in [0.15, 0.2) is 5.75 Å². The number of rotatable bonds is 8. The maximum absolute atomic E-state index is 12.2. The quantitative estimate of drug-likeness (QED) is 0.0363. The Balaban J connectivity index is 1.27. The Kier molecular flexibility index (Phi) is 8.90. The zero-order valence-electron chi connectivity index (χ0n) is 26.0. The Morgan fingerprint density at radius 1 is 0.500 bits per heavy atom. The number of phenols is 2. The van der Waals surface area contributed by atoms with Crippen molar-refractivity contribution >= 4 is 86.0 Å². The Labute approximate surface area is 294 Å². The van der Waals surface area contributed by atoms with Crippen LogP contribution in [0.15, 0.2) is 126 Å². The van der Waals surface area contributed by atoms with Gasteiger partial charge in [-0.25, -0.2) is 0 Å². The molecule has 0 aromatic heterocycles. The number of azo groups is 2. The van der Waals surface area contributed by atoms with E-state index in [-0.39, 0.29) is 44.7 Å². The van der Waals surface area contributed by atoms with E-state index in [2.05, 4.69) is 20.5 Å². The Morgan fingerprint density at radius 3 is 1.58 bits per heavy atom. The zero-order valence-corrected chi connectivity index (χ0v) is 28.5. The second-order valence-electron chi connectivity index (χ2n) is 11.1. The average Bonchev–Trinajstić information content (AvgIpc) is 3.07. The van der Waals surface area contributed by atoms with Crippen molar-refractivity contribution in [2.45, 2.75) is 14.7 Å². The fourth-order valence-corrected chi connectivity index (χ4v) is 7.07. The van der Waals surface area contributed by atoms with E-state index in [1.165, 1.54) is 30.3 Å². The lowest BCUT2D eigenvalue weighted by Gasteiger charge is -2.12. The van der Waals surface area contributed by atoms with Gasteiger partial charge in [-0.3, -0.25) is 13.7 Å². The molecule has 0 atom stereocenters. The number of hydrogen-bond donors (Lipinski definition) is 7. The lowest BCUT2D eigenvalue weighted by atomic mass is 10.1. The van der Waals surface area contributed by atoms with Gasteiger partial charge >= 0.3 is 0 Å². The minimum Gasteiger partial charge on any atom is -0.505 e. The van der Waals surface area contributed by atoms with E-state index in [4.69, 9.17) is 11.5 Å². The van der Waals surface area contributed by atoms with Gasteiger partial charge in [-0.15, -0.1) is 10.2 Å². The smallest absolute Gasteiger partial charge is 0.296 e. The van der Waals surface area contributed by atoms with Crippen LogP contribution in [0.1, 0.15) is 0 Å². The summed E-state index contributed by atoms with van der Waals surface area (Å²) in [5.74, 6) is -1.11. The first kappa shape index (κ1) is 35.8. The van der Waals surface area contributed by atoms with Crippen molar-refractivity contribution in [1.82, 2.24) is 0 Å². The molecule has 266 valence electrons. The first-order chi connectivity index (χ1) is 24.3. The van der Waals surface area contributed by atoms with E-state index in [1.54, 1.807) is 36.4 Å². The molecule has 0 aliphatic heterocycles. The molecule has 0 heterocycles. The van der Waals surface area contributed by atoms with Gasteiger partial charge in [0.1, 0.15) is 26.9 Å². The lowest BCUT2D eigenvalue weighted by molar-refractivity contribution is 0.472. The molecule has 0 aliphatic carbocycles. The number of anilines is 2. The molecule has 0 radical (unpaired) electrons. The number of nitrogen functional groups attached to an aromatic ring is 2. The summed E-state index contributed by atoms with van der Waals surface area (Å²) in [5.41, 5.74) is 12.4. The first-order valence-electron chi connectivity index (χ1n) is 14.4. The van der Waals surface area contributed by atoms with Crippen molar-refractivity contribution < 1.29 is 49.1 Å². The third-order valence-electron chi connectivity index (χ3n) is 7.72. The average molecular weight is 765 g/mol. The van der Waals surface area contributed by atoms with Gasteiger partial charge in [-0.1, -0.05) is 30.3 Å². The molecule has 17 nitrogen and oxygen atoms in total. The number of aromatic hydroxyl groups is 2. The van der Waals surface area contributed by atoms with E-state index in [0.717, 1.165) is 24.3 Å². The van der Waals surface area contributed by atoms with Gasteiger partial charge in [-0.05, 0) is 82.6 Å². The second kappa shape index (κ2) is 12.9. The normalized spacial score (nSPS) is 12.8. The molecule has 20 heteroatoms. The van der Waals surface area contributed by atoms with Crippen molar-refractivity contribution in [3.63, 3.8) is 0 Å². The second-order valence-corrected chi connectivity index (χ2v) is 15.3. The lowest BCUT2D eigenvalue weighted by Crippen LogP contribution is -2.02. The maximum atomic E-state index is 12.2. The monoisotopic (exact) mass is 764 g/mol. The van der Waals surface area contributed by atoms with E-state index < -0.39 is 56.5 Å². The topological polar surface area (TPSA) is 305 Å². The van der Waals surface area contributed by atoms with Crippen molar-refractivity contribution in [2.24, 2.45) is 20.5 Å². The molecule has 0 fully saturated rings. The standard InChI is InChI=1S/C32H24N6O11S3/c33-24-10-5-18-12-27(51(44,45)46)26(15-23(18)31(24)39)37-35-20-6-1-16(2-7-20)17-3-8-21(9-4-17)36-38-30-28(52(47,48)49)13-19-11-22(50(41,42)43)14-25(34)29(19)32(30)40/h1-15,39-40H,33-34H2,(H,41,42,43)(H,44,45,46)(H,47,48,49). The molecule has 0 saturated heterocycles. The van der Waals surface area contributed by atoms with Crippen LogP contribution in [0.4, 0.5) is 34.1 Å². The van der Waals surface area contributed by atoms with E-state index in [9.17, 15) is 49.1 Å². The minimum absolute atomic E-state index is 0.0592. The molecule has 0 aliphatic rings. The number of nitrogens with zero attached hydrogens (tertiary/aromatic N) is 4. The van der Waals surface area contributed by atoms with Gasteiger partial charge in [0.25, 0.3) is 30.4 Å². The van der Waals surface area contributed by atoms with Crippen molar-refractivity contribution in [1.29, 1.82) is 0 Å². The third-order valence-corrected chi connectivity index (χ3v) is 10.3. The van der Waals surface area contributed by atoms with E-state index >= 15 is 0 Å². The third kappa shape index (κ3) is 7.10. The largest absolute Gasteiger partial charge is 0.505 e. The van der Waals surface area contributed by atoms with E-state index in [1.807, 2.05) is 0 Å². The van der Waals surface area contributed by atoms with Crippen LogP contribution < -0.4 is 11.5 Å². The van der Waals surface area contributed by atoms with Crippen molar-refractivity contribution in [3.8, 4) is 22.6 Å². The number of fused-ring (bicyclic) bond motifs is 2. The Hall–Kier alpha value is -6.03. The van der Waals surface area contributed by atoms with Crippen LogP contribution in [0, 0.1) is 0 Å². The molecule has 0 spiro atoms. The fourth-order valence-electron chi connectivity index (χ4n) is 5.22. The number of nitrogens with two attached hydrogens (primary N) is 2. The van der Waals surface area contributed by atoms with Gasteiger partial charge in [0.05, 0.1) is 22.0 Å². The molecule has 0 amide bonds. The molecular formula is C32H24N6O11S3. The highest BCUT2D eigenvalue weighted by Crippen LogP contribution is 2.44. The summed E-state index contributed by atoms with van der Waals surface area (Å²) < 4.78 is 101. The van der Waals surface area contributed by atoms with Gasteiger partial charge in [-0.2, -0.15) is 35.5 Å².